The van der Waals surface area contributed by atoms with E-state index in [1.807, 2.05) is 30.3 Å². The van der Waals surface area contributed by atoms with Gasteiger partial charge in [0.15, 0.2) is 12.2 Å². The molecule has 3 rings (SSSR count). The molecule has 0 aliphatic carbocycles. The summed E-state index contributed by atoms with van der Waals surface area (Å²) in [5.41, 5.74) is 1.33. The van der Waals surface area contributed by atoms with Crippen molar-refractivity contribution in [2.75, 3.05) is 0 Å². The lowest BCUT2D eigenvalue weighted by atomic mass is 9.93. The molecule has 0 unspecified atom stereocenters. The maximum atomic E-state index is 12.6. The van der Waals surface area contributed by atoms with E-state index in [4.69, 9.17) is 9.47 Å². The van der Waals surface area contributed by atoms with Crippen LogP contribution in [0.3, 0.4) is 0 Å². The molecule has 1 aliphatic heterocycles. The fraction of sp³-hybridized carbons (Fsp3) is 0.208. The number of cyclic esters (lactones) is 1. The van der Waals surface area contributed by atoms with Crippen LogP contribution in [-0.2, 0) is 23.9 Å². The highest BCUT2D eigenvalue weighted by atomic mass is 16.6. The number of aliphatic hydroxyl groups is 1. The summed E-state index contributed by atoms with van der Waals surface area (Å²) in [4.78, 5) is 36.1. The lowest BCUT2D eigenvalue weighted by Gasteiger charge is -2.35. The predicted molar refractivity (Wildman–Crippen MR) is 113 cm³/mol. The van der Waals surface area contributed by atoms with Crippen molar-refractivity contribution >= 4 is 23.9 Å². The number of carbonyl (C=O) groups is 3. The van der Waals surface area contributed by atoms with Gasteiger partial charge in [0.1, 0.15) is 12.1 Å². The highest BCUT2D eigenvalue weighted by molar-refractivity contribution is 5.92. The van der Waals surface area contributed by atoms with Gasteiger partial charge in [-0.15, -0.1) is 0 Å². The Labute approximate surface area is 180 Å². The third-order valence-corrected chi connectivity index (χ3v) is 4.67. The van der Waals surface area contributed by atoms with Gasteiger partial charge in [-0.1, -0.05) is 60.7 Å². The van der Waals surface area contributed by atoms with Gasteiger partial charge in [0, 0.05) is 19.1 Å². The molecule has 31 heavy (non-hydrogen) atoms. The van der Waals surface area contributed by atoms with Gasteiger partial charge in [-0.05, 0) is 23.3 Å². The van der Waals surface area contributed by atoms with Crippen LogP contribution in [0.25, 0.3) is 6.08 Å². The van der Waals surface area contributed by atoms with Crippen LogP contribution in [0.1, 0.15) is 24.2 Å². The van der Waals surface area contributed by atoms with Gasteiger partial charge in [0.05, 0.1) is 0 Å². The summed E-state index contributed by atoms with van der Waals surface area (Å²) < 4.78 is 10.6. The normalized spacial score (nSPS) is 20.0. The lowest BCUT2D eigenvalue weighted by Crippen LogP contribution is -2.54. The number of aliphatic hydroxyl groups excluding tert-OH is 1. The van der Waals surface area contributed by atoms with Crippen molar-refractivity contribution in [2.45, 2.75) is 31.3 Å². The fourth-order valence-electron chi connectivity index (χ4n) is 3.25. The molecule has 2 N–H and O–H groups in total. The number of carbonyl (C=O) groups excluding carboxylic acids is 3. The smallest absolute Gasteiger partial charge is 0.331 e. The van der Waals surface area contributed by atoms with E-state index in [-0.39, 0.29) is 0 Å². The van der Waals surface area contributed by atoms with Crippen LogP contribution in [0, 0.1) is 0 Å². The van der Waals surface area contributed by atoms with E-state index in [0.717, 1.165) is 11.6 Å². The van der Waals surface area contributed by atoms with Crippen molar-refractivity contribution in [1.82, 2.24) is 5.32 Å². The predicted octanol–water partition coefficient (Wildman–Crippen LogP) is 2.33. The van der Waals surface area contributed by atoms with Crippen LogP contribution in [0.2, 0.25) is 0 Å². The molecule has 0 saturated heterocycles. The van der Waals surface area contributed by atoms with Crippen LogP contribution in [0.5, 0.6) is 0 Å². The van der Waals surface area contributed by atoms with Crippen molar-refractivity contribution in [3.05, 3.63) is 90.0 Å². The topological polar surface area (TPSA) is 102 Å². The van der Waals surface area contributed by atoms with Crippen molar-refractivity contribution in [1.29, 1.82) is 0 Å². The molecule has 2 aromatic rings. The number of amides is 1. The lowest BCUT2D eigenvalue weighted by molar-refractivity contribution is -0.167. The third-order valence-electron chi connectivity index (χ3n) is 4.67. The van der Waals surface area contributed by atoms with E-state index in [2.05, 4.69) is 5.32 Å². The Morgan fingerprint density at radius 2 is 1.74 bits per heavy atom. The number of hydrogen-bond donors (Lipinski definition) is 2. The first-order valence-corrected chi connectivity index (χ1v) is 9.76. The van der Waals surface area contributed by atoms with Crippen LogP contribution >= 0.6 is 0 Å². The number of nitrogens with one attached hydrogen (secondary N) is 1. The fourth-order valence-corrected chi connectivity index (χ4v) is 3.25. The summed E-state index contributed by atoms with van der Waals surface area (Å²) in [6.45, 7) is 1.23. The van der Waals surface area contributed by atoms with E-state index < -0.39 is 42.2 Å². The van der Waals surface area contributed by atoms with Gasteiger partial charge in [-0.2, -0.15) is 0 Å². The Bertz CT molecular complexity index is 970. The van der Waals surface area contributed by atoms with Gasteiger partial charge in [0.2, 0.25) is 5.91 Å². The average Bonchev–Trinajstić information content (AvgIpc) is 2.78. The zero-order valence-electron chi connectivity index (χ0n) is 16.9. The molecule has 1 aliphatic rings. The van der Waals surface area contributed by atoms with Crippen LogP contribution in [0.15, 0.2) is 78.9 Å². The van der Waals surface area contributed by atoms with Crippen LogP contribution in [0.4, 0.5) is 0 Å². The molecular weight excluding hydrogens is 398 g/mol. The zero-order chi connectivity index (χ0) is 22.2. The number of ether oxygens (including phenoxy) is 2. The Balaban J connectivity index is 1.87. The first-order chi connectivity index (χ1) is 14.9. The van der Waals surface area contributed by atoms with E-state index >= 15 is 0 Å². The molecule has 7 heteroatoms. The summed E-state index contributed by atoms with van der Waals surface area (Å²) >= 11 is 0. The van der Waals surface area contributed by atoms with E-state index in [0.29, 0.717) is 5.56 Å². The Hall–Kier alpha value is -3.71. The van der Waals surface area contributed by atoms with Crippen molar-refractivity contribution in [3.63, 3.8) is 0 Å². The number of benzene rings is 2. The number of hydrogen-bond acceptors (Lipinski definition) is 6. The average molecular weight is 421 g/mol. The minimum absolute atomic E-state index is 0.504. The SMILES string of the molecule is CC(=O)O[C@H]1C=CC(=O)O[C@@H]1[C@@H](NC(=O)/C=C/c1ccccc1)[C@H](O)c1ccccc1. The van der Waals surface area contributed by atoms with Gasteiger partial charge in [-0.3, -0.25) is 9.59 Å². The minimum atomic E-state index is -1.22. The molecule has 2 aromatic carbocycles. The maximum absolute atomic E-state index is 12.6. The molecule has 4 atom stereocenters. The van der Waals surface area contributed by atoms with Gasteiger partial charge in [0.25, 0.3) is 0 Å². The Kier molecular flexibility index (Phi) is 7.35. The highest BCUT2D eigenvalue weighted by Crippen LogP contribution is 2.26. The van der Waals surface area contributed by atoms with Gasteiger partial charge in [-0.25, -0.2) is 4.79 Å². The molecule has 160 valence electrons. The monoisotopic (exact) mass is 421 g/mol. The molecule has 0 spiro atoms. The first kappa shape index (κ1) is 22.0. The Morgan fingerprint density at radius 1 is 1.10 bits per heavy atom. The summed E-state index contributed by atoms with van der Waals surface area (Å²) in [5, 5.41) is 13.7. The molecule has 0 saturated carbocycles. The molecular formula is C24H23NO6. The quantitative estimate of drug-likeness (QED) is 0.526. The zero-order valence-corrected chi connectivity index (χ0v) is 16.9. The second-order valence-electron chi connectivity index (χ2n) is 6.97. The van der Waals surface area contributed by atoms with E-state index in [9.17, 15) is 19.5 Å². The second-order valence-corrected chi connectivity index (χ2v) is 6.97. The molecule has 1 amide bonds. The van der Waals surface area contributed by atoms with Crippen LogP contribution in [-0.4, -0.2) is 41.2 Å². The standard InChI is InChI=1S/C24H23NO6/c1-16(26)30-19-13-15-21(28)31-24(19)22(23(29)18-10-6-3-7-11-18)25-20(27)14-12-17-8-4-2-5-9-17/h2-15,19,22-24,29H,1H3,(H,25,27)/b14-12+/t19-,22-,23+,24-/m0/s1. The minimum Gasteiger partial charge on any atom is -0.454 e. The number of rotatable bonds is 7. The van der Waals surface area contributed by atoms with Crippen molar-refractivity contribution in [3.8, 4) is 0 Å². The second kappa shape index (κ2) is 10.4. The highest BCUT2D eigenvalue weighted by Gasteiger charge is 2.41. The van der Waals surface area contributed by atoms with Crippen LogP contribution < -0.4 is 5.32 Å². The molecule has 7 nitrogen and oxygen atoms in total. The first-order valence-electron chi connectivity index (χ1n) is 9.76. The maximum Gasteiger partial charge on any atom is 0.331 e. The van der Waals surface area contributed by atoms with Gasteiger partial charge < -0.3 is 19.9 Å². The van der Waals surface area contributed by atoms with Crippen molar-refractivity contribution in [2.24, 2.45) is 0 Å². The molecule has 0 aromatic heterocycles. The molecule has 1 heterocycles. The van der Waals surface area contributed by atoms with Gasteiger partial charge >= 0.3 is 11.9 Å². The van der Waals surface area contributed by atoms with E-state index in [1.54, 1.807) is 36.4 Å². The largest absolute Gasteiger partial charge is 0.454 e. The number of esters is 2. The molecule has 0 bridgehead atoms. The van der Waals surface area contributed by atoms with E-state index in [1.165, 1.54) is 19.1 Å². The van der Waals surface area contributed by atoms with Crippen molar-refractivity contribution < 1.29 is 29.0 Å². The summed E-state index contributed by atoms with van der Waals surface area (Å²) in [6, 6.07) is 16.8. The molecule has 0 fully saturated rings. The summed E-state index contributed by atoms with van der Waals surface area (Å²) in [6.07, 6.45) is 2.17. The summed E-state index contributed by atoms with van der Waals surface area (Å²) in [5.74, 6) is -1.75. The third kappa shape index (κ3) is 6.13. The Morgan fingerprint density at radius 3 is 2.39 bits per heavy atom. The molecule has 0 radical (unpaired) electrons. The summed E-state index contributed by atoms with van der Waals surface area (Å²) in [7, 11) is 0.